The van der Waals surface area contributed by atoms with Crippen molar-refractivity contribution in [1.29, 1.82) is 0 Å². The van der Waals surface area contributed by atoms with Crippen molar-refractivity contribution < 1.29 is 24.5 Å². The molecule has 0 aromatic carbocycles. The molecule has 1 amide bonds. The molecule has 0 rings (SSSR count). The van der Waals surface area contributed by atoms with Crippen molar-refractivity contribution in [2.45, 2.75) is 475 Å². The van der Waals surface area contributed by atoms with Crippen LogP contribution in [-0.2, 0) is 14.3 Å². The Morgan fingerprint density at radius 2 is 0.547 bits per heavy atom. The van der Waals surface area contributed by atoms with E-state index in [1.165, 1.54) is 392 Å². The molecule has 6 heteroatoms. The van der Waals surface area contributed by atoms with Crippen LogP contribution in [0.3, 0.4) is 0 Å². The SMILES string of the molecule is CCCCCCCCCCCCCCCCCCCCCC(O)C(CO)NC(=O)CCCCCCCCCCCCCCCCCCC/C=C\CCCCCCCCCCCCCCCCOC(=O)CCCCCCCCCCCCCCCCC. The van der Waals surface area contributed by atoms with Crippen molar-refractivity contribution in [3.8, 4) is 0 Å². The minimum atomic E-state index is -0.662. The standard InChI is InChI=1S/C80H157NO5/c1-3-5-7-9-11-13-15-17-19-20-38-41-45-48-52-56-60-64-68-72-78(83)77(76-82)81-79(84)73-69-65-61-57-53-49-46-42-39-36-34-32-30-28-26-24-22-21-23-25-27-29-31-33-35-37-40-43-47-51-55-59-63-67-71-75-86-80(85)74-70-66-62-58-54-50-44-18-16-14-12-10-8-6-4-2/h23,25,77-78,82-83H,3-22,24,26-76H2,1-2H3,(H,81,84)/b25-23-. The van der Waals surface area contributed by atoms with Crippen LogP contribution in [0.1, 0.15) is 463 Å². The average Bonchev–Trinajstić information content (AvgIpc) is 3.52. The maximum Gasteiger partial charge on any atom is 0.305 e. The van der Waals surface area contributed by atoms with Gasteiger partial charge in [0.1, 0.15) is 0 Å². The lowest BCUT2D eigenvalue weighted by Crippen LogP contribution is -2.45. The Hall–Kier alpha value is -1.40. The molecule has 6 nitrogen and oxygen atoms in total. The van der Waals surface area contributed by atoms with Crippen LogP contribution in [0, 0.1) is 0 Å². The highest BCUT2D eigenvalue weighted by Gasteiger charge is 2.20. The van der Waals surface area contributed by atoms with Gasteiger partial charge in [-0.3, -0.25) is 9.59 Å². The molecule has 3 N–H and O–H groups in total. The molecular formula is C80H157NO5. The van der Waals surface area contributed by atoms with Gasteiger partial charge in [0.2, 0.25) is 5.91 Å². The smallest absolute Gasteiger partial charge is 0.305 e. The van der Waals surface area contributed by atoms with E-state index in [-0.39, 0.29) is 18.5 Å². The molecule has 0 aliphatic rings. The molecule has 2 unspecified atom stereocenters. The average molecular weight is 1210 g/mol. The molecule has 0 aromatic heterocycles. The number of amides is 1. The van der Waals surface area contributed by atoms with Gasteiger partial charge in [0.15, 0.2) is 0 Å². The molecule has 0 saturated carbocycles. The van der Waals surface area contributed by atoms with Gasteiger partial charge in [-0.2, -0.15) is 0 Å². The largest absolute Gasteiger partial charge is 0.466 e. The van der Waals surface area contributed by atoms with Gasteiger partial charge in [-0.15, -0.1) is 0 Å². The van der Waals surface area contributed by atoms with E-state index in [1.54, 1.807) is 0 Å². The van der Waals surface area contributed by atoms with Crippen LogP contribution in [-0.4, -0.2) is 47.4 Å². The number of rotatable bonds is 76. The minimum Gasteiger partial charge on any atom is -0.466 e. The molecule has 0 radical (unpaired) electrons. The number of allylic oxidation sites excluding steroid dienone is 2. The number of aliphatic hydroxyl groups excluding tert-OH is 2. The Morgan fingerprint density at radius 1 is 0.314 bits per heavy atom. The number of carbonyl (C=O) groups is 2. The fourth-order valence-electron chi connectivity index (χ4n) is 13.0. The number of unbranched alkanes of at least 4 members (excludes halogenated alkanes) is 63. The van der Waals surface area contributed by atoms with Crippen molar-refractivity contribution in [3.05, 3.63) is 12.2 Å². The van der Waals surface area contributed by atoms with E-state index in [1.807, 2.05) is 0 Å². The predicted octanol–water partition coefficient (Wildman–Crippen LogP) is 26.3. The first-order chi connectivity index (χ1) is 42.5. The lowest BCUT2D eigenvalue weighted by atomic mass is 10.0. The molecule has 0 bridgehead atoms. The number of carbonyl (C=O) groups excluding carboxylic acids is 2. The summed E-state index contributed by atoms with van der Waals surface area (Å²) in [6.45, 7) is 5.01. The van der Waals surface area contributed by atoms with E-state index in [0.29, 0.717) is 25.9 Å². The zero-order valence-electron chi connectivity index (χ0n) is 58.8. The molecule has 0 aromatic rings. The molecule has 0 fully saturated rings. The summed E-state index contributed by atoms with van der Waals surface area (Å²) >= 11 is 0. The molecule has 0 aliphatic heterocycles. The number of nitrogens with one attached hydrogen (secondary N) is 1. The van der Waals surface area contributed by atoms with Crippen LogP contribution >= 0.6 is 0 Å². The maximum atomic E-state index is 12.6. The number of aliphatic hydroxyl groups is 2. The summed E-state index contributed by atoms with van der Waals surface area (Å²) in [4.78, 5) is 24.6. The van der Waals surface area contributed by atoms with Gasteiger partial charge in [-0.25, -0.2) is 0 Å². The van der Waals surface area contributed by atoms with Crippen molar-refractivity contribution in [2.75, 3.05) is 13.2 Å². The Balaban J connectivity index is 3.33. The minimum absolute atomic E-state index is 0.0243. The summed E-state index contributed by atoms with van der Waals surface area (Å²) in [6, 6.07) is -0.539. The molecule has 0 heterocycles. The van der Waals surface area contributed by atoms with Gasteiger partial charge in [-0.05, 0) is 51.4 Å². The fourth-order valence-corrected chi connectivity index (χ4v) is 13.0. The first-order valence-corrected chi connectivity index (χ1v) is 39.9. The first-order valence-electron chi connectivity index (χ1n) is 39.9. The summed E-state index contributed by atoms with van der Waals surface area (Å²) in [5.74, 6) is -0.00180. The second-order valence-corrected chi connectivity index (χ2v) is 27.8. The number of hydrogen-bond acceptors (Lipinski definition) is 5. The van der Waals surface area contributed by atoms with E-state index < -0.39 is 12.1 Å². The van der Waals surface area contributed by atoms with Gasteiger partial charge in [0.05, 0.1) is 25.4 Å². The molecule has 0 aliphatic carbocycles. The Labute approximate surface area is 539 Å². The third-order valence-corrected chi connectivity index (χ3v) is 19.1. The van der Waals surface area contributed by atoms with Gasteiger partial charge >= 0.3 is 5.97 Å². The van der Waals surface area contributed by atoms with E-state index in [9.17, 15) is 19.8 Å². The van der Waals surface area contributed by atoms with E-state index >= 15 is 0 Å². The zero-order valence-corrected chi connectivity index (χ0v) is 58.8. The zero-order chi connectivity index (χ0) is 62.0. The number of hydrogen-bond donors (Lipinski definition) is 3. The fraction of sp³-hybridized carbons (Fsp3) is 0.950. The molecule has 2 atom stereocenters. The van der Waals surface area contributed by atoms with Gasteiger partial charge in [0.25, 0.3) is 0 Å². The van der Waals surface area contributed by atoms with Crippen LogP contribution in [0.2, 0.25) is 0 Å². The summed E-state index contributed by atoms with van der Waals surface area (Å²) in [5, 5.41) is 23.4. The monoisotopic (exact) mass is 1210 g/mol. The summed E-state index contributed by atoms with van der Waals surface area (Å²) < 4.78 is 5.51. The lowest BCUT2D eigenvalue weighted by molar-refractivity contribution is -0.143. The molecule has 0 saturated heterocycles. The molecule has 512 valence electrons. The van der Waals surface area contributed by atoms with Crippen molar-refractivity contribution >= 4 is 11.9 Å². The third kappa shape index (κ3) is 71.7. The molecule has 0 spiro atoms. The lowest BCUT2D eigenvalue weighted by Gasteiger charge is -2.22. The number of esters is 1. The van der Waals surface area contributed by atoms with Crippen LogP contribution in [0.25, 0.3) is 0 Å². The first kappa shape index (κ1) is 84.6. The van der Waals surface area contributed by atoms with E-state index in [2.05, 4.69) is 31.3 Å². The topological polar surface area (TPSA) is 95.9 Å². The van der Waals surface area contributed by atoms with Crippen molar-refractivity contribution in [3.63, 3.8) is 0 Å². The van der Waals surface area contributed by atoms with Crippen LogP contribution in [0.15, 0.2) is 12.2 Å². The summed E-state index contributed by atoms with van der Waals surface area (Å²) in [7, 11) is 0. The molecular weight excluding hydrogens is 1050 g/mol. The van der Waals surface area contributed by atoms with Gasteiger partial charge < -0.3 is 20.3 Å². The Morgan fingerprint density at radius 3 is 0.826 bits per heavy atom. The maximum absolute atomic E-state index is 12.6. The second-order valence-electron chi connectivity index (χ2n) is 27.8. The highest BCUT2D eigenvalue weighted by molar-refractivity contribution is 5.76. The summed E-state index contributed by atoms with van der Waals surface area (Å²) in [6.07, 6.45) is 95.9. The number of ether oxygens (including phenoxy) is 1. The molecule has 86 heavy (non-hydrogen) atoms. The van der Waals surface area contributed by atoms with Crippen LogP contribution in [0.5, 0.6) is 0 Å². The summed E-state index contributed by atoms with van der Waals surface area (Å²) in [5.41, 5.74) is 0. The van der Waals surface area contributed by atoms with Crippen LogP contribution in [0.4, 0.5) is 0 Å². The van der Waals surface area contributed by atoms with Crippen LogP contribution < -0.4 is 5.32 Å². The predicted molar refractivity (Wildman–Crippen MR) is 380 cm³/mol. The second kappa shape index (κ2) is 76.1. The van der Waals surface area contributed by atoms with Gasteiger partial charge in [-0.1, -0.05) is 411 Å². The highest BCUT2D eigenvalue weighted by Crippen LogP contribution is 2.20. The highest BCUT2D eigenvalue weighted by atomic mass is 16.5. The third-order valence-electron chi connectivity index (χ3n) is 19.1. The Kier molecular flexibility index (Phi) is 74.8. The van der Waals surface area contributed by atoms with Gasteiger partial charge in [0, 0.05) is 12.8 Å². The quantitative estimate of drug-likeness (QED) is 0.0320. The van der Waals surface area contributed by atoms with E-state index in [4.69, 9.17) is 4.74 Å². The van der Waals surface area contributed by atoms with E-state index in [0.717, 1.165) is 38.5 Å². The van der Waals surface area contributed by atoms with Crippen molar-refractivity contribution in [2.24, 2.45) is 0 Å². The normalized spacial score (nSPS) is 12.5. The Bertz CT molecular complexity index is 1300. The van der Waals surface area contributed by atoms with Crippen molar-refractivity contribution in [1.82, 2.24) is 5.32 Å².